The van der Waals surface area contributed by atoms with Crippen LogP contribution < -0.4 is 5.73 Å². The van der Waals surface area contributed by atoms with E-state index in [0.717, 1.165) is 18.7 Å². The van der Waals surface area contributed by atoms with Crippen molar-refractivity contribution in [2.45, 2.75) is 39.2 Å². The number of nitrogens with two attached hydrogens (primary N) is 1. The predicted molar refractivity (Wildman–Crippen MR) is 69.4 cm³/mol. The molecule has 0 aromatic carbocycles. The van der Waals surface area contributed by atoms with E-state index in [2.05, 4.69) is 36.7 Å². The summed E-state index contributed by atoms with van der Waals surface area (Å²) in [6, 6.07) is 4.01. The molecule has 0 aliphatic rings. The van der Waals surface area contributed by atoms with Crippen LogP contribution in [0.1, 0.15) is 38.4 Å². The standard InChI is InChI=1S/C13H23N3/c1-6-13(2,3)10-7-8-12(14)15-11(10)9-16(4)5/h7-8H,6,9H2,1-5H3,(H2,14,15). The monoisotopic (exact) mass is 221 g/mol. The fraction of sp³-hybridized carbons (Fsp3) is 0.615. The summed E-state index contributed by atoms with van der Waals surface area (Å²) >= 11 is 0. The number of rotatable bonds is 4. The first-order chi connectivity index (χ1) is 7.36. The fourth-order valence-electron chi connectivity index (χ4n) is 1.74. The van der Waals surface area contributed by atoms with E-state index in [1.54, 1.807) is 0 Å². The van der Waals surface area contributed by atoms with Crippen LogP contribution in [0, 0.1) is 0 Å². The minimum atomic E-state index is 0.159. The van der Waals surface area contributed by atoms with Crippen molar-refractivity contribution in [3.8, 4) is 0 Å². The molecule has 0 fully saturated rings. The lowest BCUT2D eigenvalue weighted by molar-refractivity contribution is 0.387. The Balaban J connectivity index is 3.17. The van der Waals surface area contributed by atoms with Gasteiger partial charge in [-0.3, -0.25) is 0 Å². The van der Waals surface area contributed by atoms with Gasteiger partial charge in [0, 0.05) is 6.54 Å². The van der Waals surface area contributed by atoms with Gasteiger partial charge in [0.05, 0.1) is 5.69 Å². The Bertz CT molecular complexity index is 356. The van der Waals surface area contributed by atoms with E-state index in [0.29, 0.717) is 5.82 Å². The van der Waals surface area contributed by atoms with Crippen LogP contribution in [0.3, 0.4) is 0 Å². The van der Waals surface area contributed by atoms with Gasteiger partial charge in [0.2, 0.25) is 0 Å². The molecule has 3 heteroatoms. The van der Waals surface area contributed by atoms with Gasteiger partial charge in [-0.25, -0.2) is 4.98 Å². The Hall–Kier alpha value is -1.09. The van der Waals surface area contributed by atoms with Gasteiger partial charge in [0.1, 0.15) is 5.82 Å². The van der Waals surface area contributed by atoms with Crippen molar-refractivity contribution in [2.75, 3.05) is 19.8 Å². The van der Waals surface area contributed by atoms with Crippen LogP contribution >= 0.6 is 0 Å². The first-order valence-electron chi connectivity index (χ1n) is 5.77. The lowest BCUT2D eigenvalue weighted by atomic mass is 9.81. The fourth-order valence-corrected chi connectivity index (χ4v) is 1.74. The van der Waals surface area contributed by atoms with Gasteiger partial charge in [-0.15, -0.1) is 0 Å². The molecular weight excluding hydrogens is 198 g/mol. The molecule has 0 saturated heterocycles. The van der Waals surface area contributed by atoms with Crippen LogP contribution in [0.15, 0.2) is 12.1 Å². The average molecular weight is 221 g/mol. The highest BCUT2D eigenvalue weighted by Crippen LogP contribution is 2.29. The summed E-state index contributed by atoms with van der Waals surface area (Å²) in [5, 5.41) is 0. The zero-order valence-corrected chi connectivity index (χ0v) is 11.0. The Morgan fingerprint density at radius 3 is 2.44 bits per heavy atom. The molecule has 2 N–H and O–H groups in total. The summed E-state index contributed by atoms with van der Waals surface area (Å²) in [4.78, 5) is 6.59. The predicted octanol–water partition coefficient (Wildman–Crippen LogP) is 2.41. The SMILES string of the molecule is CCC(C)(C)c1ccc(N)nc1CN(C)C. The number of pyridine rings is 1. The van der Waals surface area contributed by atoms with Crippen molar-refractivity contribution >= 4 is 5.82 Å². The molecule has 3 nitrogen and oxygen atoms in total. The molecule has 0 aliphatic heterocycles. The highest BCUT2D eigenvalue weighted by atomic mass is 15.1. The number of anilines is 1. The zero-order valence-electron chi connectivity index (χ0n) is 11.0. The molecule has 1 heterocycles. The summed E-state index contributed by atoms with van der Waals surface area (Å²) in [7, 11) is 4.10. The van der Waals surface area contributed by atoms with Crippen LogP contribution in [0.5, 0.6) is 0 Å². The van der Waals surface area contributed by atoms with Gasteiger partial charge in [-0.2, -0.15) is 0 Å². The van der Waals surface area contributed by atoms with Crippen LogP contribution in [0.2, 0.25) is 0 Å². The van der Waals surface area contributed by atoms with Crippen LogP contribution in [-0.4, -0.2) is 24.0 Å². The summed E-state index contributed by atoms with van der Waals surface area (Å²) in [5.74, 6) is 0.604. The van der Waals surface area contributed by atoms with Crippen LogP contribution in [0.4, 0.5) is 5.82 Å². The molecule has 0 unspecified atom stereocenters. The highest BCUT2D eigenvalue weighted by Gasteiger charge is 2.22. The molecule has 0 radical (unpaired) electrons. The molecule has 1 rings (SSSR count). The van der Waals surface area contributed by atoms with Gasteiger partial charge >= 0.3 is 0 Å². The summed E-state index contributed by atoms with van der Waals surface area (Å²) in [6.07, 6.45) is 1.10. The molecule has 0 amide bonds. The van der Waals surface area contributed by atoms with E-state index in [-0.39, 0.29) is 5.41 Å². The third-order valence-electron chi connectivity index (χ3n) is 3.07. The highest BCUT2D eigenvalue weighted by molar-refractivity contribution is 5.37. The maximum absolute atomic E-state index is 5.76. The molecule has 0 aliphatic carbocycles. The molecule has 0 spiro atoms. The van der Waals surface area contributed by atoms with E-state index in [1.807, 2.05) is 20.2 Å². The van der Waals surface area contributed by atoms with Gasteiger partial charge < -0.3 is 10.6 Å². The second kappa shape index (κ2) is 4.83. The van der Waals surface area contributed by atoms with Gasteiger partial charge in [-0.05, 0) is 37.6 Å². The van der Waals surface area contributed by atoms with E-state index in [9.17, 15) is 0 Å². The lowest BCUT2D eigenvalue weighted by Gasteiger charge is -2.26. The first-order valence-corrected chi connectivity index (χ1v) is 5.77. The molecule has 0 bridgehead atoms. The van der Waals surface area contributed by atoms with Crippen molar-refractivity contribution in [1.29, 1.82) is 0 Å². The Kier molecular flexibility index (Phi) is 3.92. The summed E-state index contributed by atoms with van der Waals surface area (Å²) in [6.45, 7) is 7.54. The van der Waals surface area contributed by atoms with Gasteiger partial charge in [0.25, 0.3) is 0 Å². The molecule has 90 valence electrons. The number of hydrogen-bond acceptors (Lipinski definition) is 3. The van der Waals surface area contributed by atoms with E-state index >= 15 is 0 Å². The van der Waals surface area contributed by atoms with Crippen molar-refractivity contribution in [3.63, 3.8) is 0 Å². The van der Waals surface area contributed by atoms with Crippen LogP contribution in [-0.2, 0) is 12.0 Å². The van der Waals surface area contributed by atoms with Crippen LogP contribution in [0.25, 0.3) is 0 Å². The Labute approximate surface area is 98.7 Å². The normalized spacial score (nSPS) is 12.1. The summed E-state index contributed by atoms with van der Waals surface area (Å²) in [5.41, 5.74) is 8.32. The van der Waals surface area contributed by atoms with E-state index in [4.69, 9.17) is 5.73 Å². The Morgan fingerprint density at radius 1 is 1.31 bits per heavy atom. The van der Waals surface area contributed by atoms with Crippen molar-refractivity contribution in [2.24, 2.45) is 0 Å². The summed E-state index contributed by atoms with van der Waals surface area (Å²) < 4.78 is 0. The average Bonchev–Trinajstić information content (AvgIpc) is 2.16. The Morgan fingerprint density at radius 2 is 1.94 bits per heavy atom. The maximum atomic E-state index is 5.76. The lowest BCUT2D eigenvalue weighted by Crippen LogP contribution is -2.22. The minimum absolute atomic E-state index is 0.159. The second-order valence-electron chi connectivity index (χ2n) is 5.21. The van der Waals surface area contributed by atoms with E-state index < -0.39 is 0 Å². The van der Waals surface area contributed by atoms with Crippen molar-refractivity contribution in [3.05, 3.63) is 23.4 Å². The van der Waals surface area contributed by atoms with E-state index in [1.165, 1.54) is 5.56 Å². The van der Waals surface area contributed by atoms with Gasteiger partial charge in [-0.1, -0.05) is 26.8 Å². The molecule has 16 heavy (non-hydrogen) atoms. The third kappa shape index (κ3) is 2.95. The molecule has 1 aromatic rings. The quantitative estimate of drug-likeness (QED) is 0.849. The molecule has 1 aromatic heterocycles. The number of aromatic nitrogens is 1. The number of nitrogen functional groups attached to an aromatic ring is 1. The zero-order chi connectivity index (χ0) is 12.3. The van der Waals surface area contributed by atoms with Crippen molar-refractivity contribution < 1.29 is 0 Å². The number of hydrogen-bond donors (Lipinski definition) is 1. The molecule has 0 atom stereocenters. The second-order valence-corrected chi connectivity index (χ2v) is 5.21. The van der Waals surface area contributed by atoms with Gasteiger partial charge in [0.15, 0.2) is 0 Å². The minimum Gasteiger partial charge on any atom is -0.384 e. The smallest absolute Gasteiger partial charge is 0.123 e. The molecule has 0 saturated carbocycles. The maximum Gasteiger partial charge on any atom is 0.123 e. The first kappa shape index (κ1) is 13.0. The number of nitrogens with zero attached hydrogens (tertiary/aromatic N) is 2. The largest absolute Gasteiger partial charge is 0.384 e. The topological polar surface area (TPSA) is 42.1 Å². The third-order valence-corrected chi connectivity index (χ3v) is 3.07. The molecular formula is C13H23N3. The van der Waals surface area contributed by atoms with Crippen molar-refractivity contribution in [1.82, 2.24) is 9.88 Å².